The van der Waals surface area contributed by atoms with Crippen molar-refractivity contribution < 1.29 is 14.3 Å². The molecule has 1 unspecified atom stereocenters. The van der Waals surface area contributed by atoms with Crippen LogP contribution in [0, 0.1) is 5.92 Å². The Bertz CT molecular complexity index is 1070. The molecule has 0 aliphatic heterocycles. The van der Waals surface area contributed by atoms with Crippen LogP contribution in [0.5, 0.6) is 0 Å². The highest BCUT2D eigenvalue weighted by molar-refractivity contribution is 7.17. The lowest BCUT2D eigenvalue weighted by Gasteiger charge is -2.20. The van der Waals surface area contributed by atoms with E-state index >= 15 is 0 Å². The molecule has 31 heavy (non-hydrogen) atoms. The van der Waals surface area contributed by atoms with Crippen LogP contribution in [-0.2, 0) is 17.6 Å². The Kier molecular flexibility index (Phi) is 6.52. The van der Waals surface area contributed by atoms with Crippen molar-refractivity contribution in [2.75, 3.05) is 11.9 Å². The number of thiophene rings is 1. The highest BCUT2D eigenvalue weighted by Crippen LogP contribution is 2.41. The fraction of sp³-hybridized carbons (Fsp3) is 0.308. The van der Waals surface area contributed by atoms with Gasteiger partial charge in [0.1, 0.15) is 5.00 Å². The summed E-state index contributed by atoms with van der Waals surface area (Å²) < 4.78 is 5.31. The fourth-order valence-electron chi connectivity index (χ4n) is 4.13. The molecule has 0 spiro atoms. The number of benzene rings is 2. The standard InChI is InChI=1S/C26H27NO3S/c1-3-17-10-15-21-22(16-17)31-25(23(21)26(29)30-4-2)27-24(28)20-13-11-19(12-14-20)18-8-6-5-7-9-18/h5-9,11-14,17H,3-4,10,15-16H2,1-2H3,(H,27,28). The van der Waals surface area contributed by atoms with Gasteiger partial charge in [-0.05, 0) is 60.9 Å². The van der Waals surface area contributed by atoms with E-state index in [1.807, 2.05) is 54.6 Å². The summed E-state index contributed by atoms with van der Waals surface area (Å²) >= 11 is 1.53. The Morgan fingerprint density at radius 1 is 1.03 bits per heavy atom. The van der Waals surface area contributed by atoms with Gasteiger partial charge < -0.3 is 10.1 Å². The van der Waals surface area contributed by atoms with E-state index in [2.05, 4.69) is 12.2 Å². The first-order valence-corrected chi connectivity index (χ1v) is 11.7. The molecular weight excluding hydrogens is 406 g/mol. The van der Waals surface area contributed by atoms with Gasteiger partial charge in [0, 0.05) is 10.4 Å². The summed E-state index contributed by atoms with van der Waals surface area (Å²) in [6.07, 6.45) is 4.02. The second-order valence-corrected chi connectivity index (χ2v) is 8.95. The Morgan fingerprint density at radius 2 is 1.74 bits per heavy atom. The molecule has 4 rings (SSSR count). The molecule has 1 aliphatic carbocycles. The maximum atomic E-state index is 13.0. The zero-order valence-corrected chi connectivity index (χ0v) is 18.8. The molecule has 1 aliphatic rings. The van der Waals surface area contributed by atoms with Crippen LogP contribution in [0.3, 0.4) is 0 Å². The van der Waals surface area contributed by atoms with Gasteiger partial charge in [-0.25, -0.2) is 4.79 Å². The zero-order valence-electron chi connectivity index (χ0n) is 17.9. The van der Waals surface area contributed by atoms with Gasteiger partial charge >= 0.3 is 5.97 Å². The number of hydrogen-bond donors (Lipinski definition) is 1. The molecule has 1 N–H and O–H groups in total. The number of fused-ring (bicyclic) bond motifs is 1. The van der Waals surface area contributed by atoms with Crippen molar-refractivity contribution in [1.82, 2.24) is 0 Å². The van der Waals surface area contributed by atoms with Crippen molar-refractivity contribution in [3.05, 3.63) is 76.2 Å². The Morgan fingerprint density at radius 3 is 2.42 bits per heavy atom. The average molecular weight is 434 g/mol. The summed E-state index contributed by atoms with van der Waals surface area (Å²) in [6.45, 7) is 4.32. The van der Waals surface area contributed by atoms with E-state index in [4.69, 9.17) is 4.74 Å². The smallest absolute Gasteiger partial charge is 0.341 e. The topological polar surface area (TPSA) is 55.4 Å². The lowest BCUT2D eigenvalue weighted by Crippen LogP contribution is -2.17. The lowest BCUT2D eigenvalue weighted by molar-refractivity contribution is 0.0526. The van der Waals surface area contributed by atoms with Crippen molar-refractivity contribution in [3.63, 3.8) is 0 Å². The van der Waals surface area contributed by atoms with Crippen LogP contribution in [0.15, 0.2) is 54.6 Å². The molecule has 0 saturated carbocycles. The number of anilines is 1. The van der Waals surface area contributed by atoms with Crippen molar-refractivity contribution in [3.8, 4) is 11.1 Å². The van der Waals surface area contributed by atoms with Crippen molar-refractivity contribution >= 4 is 28.2 Å². The number of carbonyl (C=O) groups is 2. The Balaban J connectivity index is 1.59. The number of carbonyl (C=O) groups excluding carboxylic acids is 2. The van der Waals surface area contributed by atoms with E-state index < -0.39 is 0 Å². The van der Waals surface area contributed by atoms with Crippen molar-refractivity contribution in [2.45, 2.75) is 39.5 Å². The zero-order chi connectivity index (χ0) is 21.8. The summed E-state index contributed by atoms with van der Waals surface area (Å²) in [6, 6.07) is 17.6. The summed E-state index contributed by atoms with van der Waals surface area (Å²) in [5.41, 5.74) is 4.33. The van der Waals surface area contributed by atoms with Crippen LogP contribution in [-0.4, -0.2) is 18.5 Å². The molecule has 160 valence electrons. The van der Waals surface area contributed by atoms with Gasteiger partial charge in [0.15, 0.2) is 0 Å². The number of ether oxygens (including phenoxy) is 1. The van der Waals surface area contributed by atoms with Crippen LogP contribution >= 0.6 is 11.3 Å². The van der Waals surface area contributed by atoms with Gasteiger partial charge in [-0.2, -0.15) is 0 Å². The normalized spacial score (nSPS) is 15.2. The molecule has 0 fully saturated rings. The van der Waals surface area contributed by atoms with Gasteiger partial charge in [0.05, 0.1) is 12.2 Å². The third kappa shape index (κ3) is 4.57. The predicted octanol–water partition coefficient (Wildman–Crippen LogP) is 6.36. The predicted molar refractivity (Wildman–Crippen MR) is 126 cm³/mol. The summed E-state index contributed by atoms with van der Waals surface area (Å²) in [5.74, 6) is 0.0794. The first-order chi connectivity index (χ1) is 15.1. The Labute approximate surface area is 187 Å². The van der Waals surface area contributed by atoms with E-state index in [0.29, 0.717) is 28.7 Å². The molecule has 3 aromatic rings. The molecular formula is C26H27NO3S. The van der Waals surface area contributed by atoms with Crippen LogP contribution in [0.1, 0.15) is 57.8 Å². The molecule has 0 bridgehead atoms. The second-order valence-electron chi connectivity index (χ2n) is 7.84. The molecule has 1 heterocycles. The highest BCUT2D eigenvalue weighted by atomic mass is 32.1. The van der Waals surface area contributed by atoms with E-state index in [9.17, 15) is 9.59 Å². The minimum Gasteiger partial charge on any atom is -0.462 e. The maximum Gasteiger partial charge on any atom is 0.341 e. The van der Waals surface area contributed by atoms with Gasteiger partial charge in [-0.3, -0.25) is 4.79 Å². The van der Waals surface area contributed by atoms with E-state index in [0.717, 1.165) is 42.4 Å². The summed E-state index contributed by atoms with van der Waals surface area (Å²) in [5, 5.41) is 3.60. The third-order valence-electron chi connectivity index (χ3n) is 5.91. The van der Waals surface area contributed by atoms with Crippen LogP contribution in [0.25, 0.3) is 11.1 Å². The van der Waals surface area contributed by atoms with Crippen LogP contribution in [0.4, 0.5) is 5.00 Å². The molecule has 1 amide bonds. The van der Waals surface area contributed by atoms with E-state index in [-0.39, 0.29) is 11.9 Å². The minimum absolute atomic E-state index is 0.212. The minimum atomic E-state index is -0.343. The molecule has 1 aromatic heterocycles. The lowest BCUT2D eigenvalue weighted by atomic mass is 9.85. The first kappa shape index (κ1) is 21.3. The van der Waals surface area contributed by atoms with Gasteiger partial charge in [0.25, 0.3) is 5.91 Å². The quantitative estimate of drug-likeness (QED) is 0.460. The van der Waals surface area contributed by atoms with Gasteiger partial charge in [0.2, 0.25) is 0 Å². The monoisotopic (exact) mass is 433 g/mol. The summed E-state index contributed by atoms with van der Waals surface area (Å²) in [7, 11) is 0. The number of rotatable bonds is 6. The molecule has 4 nitrogen and oxygen atoms in total. The number of amides is 1. The molecule has 0 radical (unpaired) electrons. The van der Waals surface area contributed by atoms with Gasteiger partial charge in [-0.1, -0.05) is 55.8 Å². The average Bonchev–Trinajstić information content (AvgIpc) is 3.16. The molecule has 2 aromatic carbocycles. The number of hydrogen-bond acceptors (Lipinski definition) is 4. The second kappa shape index (κ2) is 9.48. The number of esters is 1. The fourth-order valence-corrected chi connectivity index (χ4v) is 5.47. The van der Waals surface area contributed by atoms with Crippen LogP contribution in [0.2, 0.25) is 0 Å². The maximum absolute atomic E-state index is 13.0. The first-order valence-electron chi connectivity index (χ1n) is 10.9. The third-order valence-corrected chi connectivity index (χ3v) is 7.08. The molecule has 1 atom stereocenters. The largest absolute Gasteiger partial charge is 0.462 e. The van der Waals surface area contributed by atoms with Crippen LogP contribution < -0.4 is 5.32 Å². The molecule has 0 saturated heterocycles. The Hall–Kier alpha value is -2.92. The van der Waals surface area contributed by atoms with Crippen molar-refractivity contribution in [1.29, 1.82) is 0 Å². The van der Waals surface area contributed by atoms with E-state index in [1.165, 1.54) is 16.2 Å². The highest BCUT2D eigenvalue weighted by Gasteiger charge is 2.30. The molecule has 5 heteroatoms. The number of nitrogens with one attached hydrogen (secondary N) is 1. The van der Waals surface area contributed by atoms with E-state index in [1.54, 1.807) is 6.92 Å². The van der Waals surface area contributed by atoms with Crippen molar-refractivity contribution in [2.24, 2.45) is 5.92 Å². The SMILES string of the molecule is CCOC(=O)c1c(NC(=O)c2ccc(-c3ccccc3)cc2)sc2c1CCC(CC)C2. The summed E-state index contributed by atoms with van der Waals surface area (Å²) in [4.78, 5) is 26.9. The van der Waals surface area contributed by atoms with Gasteiger partial charge in [-0.15, -0.1) is 11.3 Å².